The Morgan fingerprint density at radius 2 is 1.97 bits per heavy atom. The molecule has 0 spiro atoms. The molecule has 3 rings (SSSR count). The van der Waals surface area contributed by atoms with E-state index in [0.717, 1.165) is 44.2 Å². The Bertz CT molecular complexity index is 809. The van der Waals surface area contributed by atoms with Gasteiger partial charge >= 0.3 is 0 Å². The van der Waals surface area contributed by atoms with Gasteiger partial charge in [0.05, 0.1) is 13.2 Å². The van der Waals surface area contributed by atoms with Gasteiger partial charge < -0.3 is 20.1 Å². The Hall–Kier alpha value is -2.64. The van der Waals surface area contributed by atoms with E-state index in [1.54, 1.807) is 19.2 Å². The van der Waals surface area contributed by atoms with E-state index in [1.807, 2.05) is 24.3 Å². The summed E-state index contributed by atoms with van der Waals surface area (Å²) in [4.78, 5) is 6.59. The number of nitrogens with zero attached hydrogens (tertiary/aromatic N) is 2. The van der Waals surface area contributed by atoms with Crippen molar-refractivity contribution in [1.82, 2.24) is 15.5 Å². The Balaban J connectivity index is 1.39. The fraction of sp³-hybridized carbons (Fsp3) is 0.435. The van der Waals surface area contributed by atoms with Crippen LogP contribution in [0.3, 0.4) is 0 Å². The lowest BCUT2D eigenvalue weighted by Crippen LogP contribution is -2.38. The molecule has 2 aromatic rings. The Labute approximate surface area is 178 Å². The molecule has 162 valence electrons. The van der Waals surface area contributed by atoms with Gasteiger partial charge in [-0.1, -0.05) is 30.3 Å². The minimum absolute atomic E-state index is 0.173. The Morgan fingerprint density at radius 1 is 1.13 bits per heavy atom. The van der Waals surface area contributed by atoms with Crippen molar-refractivity contribution in [2.24, 2.45) is 4.99 Å². The van der Waals surface area contributed by atoms with Crippen LogP contribution in [0.5, 0.6) is 5.75 Å². The zero-order chi connectivity index (χ0) is 21.0. The molecule has 0 saturated carbocycles. The van der Waals surface area contributed by atoms with Gasteiger partial charge in [0.25, 0.3) is 0 Å². The quantitative estimate of drug-likeness (QED) is 0.488. The number of hydrogen-bond acceptors (Lipinski definition) is 4. The topological polar surface area (TPSA) is 58.1 Å². The summed E-state index contributed by atoms with van der Waals surface area (Å²) in [6, 6.07) is 14.9. The van der Waals surface area contributed by atoms with Crippen LogP contribution in [0, 0.1) is 5.82 Å². The predicted octanol–water partition coefficient (Wildman–Crippen LogP) is 2.44. The summed E-state index contributed by atoms with van der Waals surface area (Å²) in [5.41, 5.74) is 1.80. The first kappa shape index (κ1) is 22.1. The van der Waals surface area contributed by atoms with Crippen molar-refractivity contribution < 1.29 is 13.9 Å². The van der Waals surface area contributed by atoms with Crippen LogP contribution in [0.2, 0.25) is 0 Å². The Kier molecular flexibility index (Phi) is 8.93. The SMILES string of the molecule is CN=C(NCCc1ccccc1F)NCc1cccc(OCCN2CCOCC2)c1. The number of guanidine groups is 1. The monoisotopic (exact) mass is 414 g/mol. The fourth-order valence-electron chi connectivity index (χ4n) is 3.29. The fourth-order valence-corrected chi connectivity index (χ4v) is 3.29. The molecule has 0 radical (unpaired) electrons. The minimum atomic E-state index is -0.173. The normalized spacial score (nSPS) is 15.1. The average molecular weight is 415 g/mol. The van der Waals surface area contributed by atoms with E-state index in [4.69, 9.17) is 9.47 Å². The molecule has 6 nitrogen and oxygen atoms in total. The maximum atomic E-state index is 13.7. The predicted molar refractivity (Wildman–Crippen MR) is 118 cm³/mol. The standard InChI is InChI=1S/C23H31FN4O2/c1-25-23(26-10-9-20-6-2-3-8-22(20)24)27-18-19-5-4-7-21(17-19)30-16-13-28-11-14-29-15-12-28/h2-8,17H,9-16,18H2,1H3,(H2,25,26,27). The van der Waals surface area contributed by atoms with Crippen LogP contribution >= 0.6 is 0 Å². The van der Waals surface area contributed by atoms with Crippen molar-refractivity contribution in [2.75, 3.05) is 53.0 Å². The van der Waals surface area contributed by atoms with Gasteiger partial charge in [-0.05, 0) is 35.7 Å². The van der Waals surface area contributed by atoms with Crippen molar-refractivity contribution in [2.45, 2.75) is 13.0 Å². The molecule has 0 aromatic heterocycles. The first-order valence-corrected chi connectivity index (χ1v) is 10.4. The number of aliphatic imine (C=N–C) groups is 1. The number of hydrogen-bond donors (Lipinski definition) is 2. The van der Waals surface area contributed by atoms with Crippen molar-refractivity contribution in [3.63, 3.8) is 0 Å². The number of nitrogens with one attached hydrogen (secondary N) is 2. The van der Waals surface area contributed by atoms with Crippen molar-refractivity contribution >= 4 is 5.96 Å². The second-order valence-corrected chi connectivity index (χ2v) is 7.14. The smallest absolute Gasteiger partial charge is 0.191 e. The second-order valence-electron chi connectivity index (χ2n) is 7.14. The van der Waals surface area contributed by atoms with E-state index in [2.05, 4.69) is 26.6 Å². The molecule has 0 bridgehead atoms. The molecule has 1 aliphatic rings. The molecule has 0 atom stereocenters. The summed E-state index contributed by atoms with van der Waals surface area (Å²) >= 11 is 0. The summed E-state index contributed by atoms with van der Waals surface area (Å²) in [7, 11) is 1.73. The molecule has 1 heterocycles. The van der Waals surface area contributed by atoms with E-state index >= 15 is 0 Å². The zero-order valence-corrected chi connectivity index (χ0v) is 17.6. The molecule has 2 N–H and O–H groups in total. The lowest BCUT2D eigenvalue weighted by atomic mass is 10.1. The molecule has 30 heavy (non-hydrogen) atoms. The van der Waals surface area contributed by atoms with Gasteiger partial charge in [0.2, 0.25) is 0 Å². The van der Waals surface area contributed by atoms with Gasteiger partial charge in [-0.25, -0.2) is 4.39 Å². The second kappa shape index (κ2) is 12.1. The van der Waals surface area contributed by atoms with E-state index < -0.39 is 0 Å². The Morgan fingerprint density at radius 3 is 2.77 bits per heavy atom. The highest BCUT2D eigenvalue weighted by Gasteiger charge is 2.10. The average Bonchev–Trinajstić information content (AvgIpc) is 2.78. The van der Waals surface area contributed by atoms with Gasteiger partial charge in [0, 0.05) is 39.8 Å². The maximum absolute atomic E-state index is 13.7. The molecule has 0 unspecified atom stereocenters. The van der Waals surface area contributed by atoms with E-state index in [0.29, 0.717) is 37.6 Å². The summed E-state index contributed by atoms with van der Waals surface area (Å²) < 4.78 is 25.0. The van der Waals surface area contributed by atoms with Crippen molar-refractivity contribution in [3.05, 3.63) is 65.5 Å². The third kappa shape index (κ3) is 7.31. The van der Waals surface area contributed by atoms with Crippen LogP contribution in [-0.4, -0.2) is 63.9 Å². The molecule has 1 aliphatic heterocycles. The van der Waals surface area contributed by atoms with Crippen molar-refractivity contribution in [1.29, 1.82) is 0 Å². The molecule has 0 amide bonds. The molecule has 7 heteroatoms. The van der Waals surface area contributed by atoms with Gasteiger partial charge in [0.1, 0.15) is 18.2 Å². The van der Waals surface area contributed by atoms with Gasteiger partial charge in [-0.2, -0.15) is 0 Å². The lowest BCUT2D eigenvalue weighted by Gasteiger charge is -2.26. The van der Waals surface area contributed by atoms with E-state index in [-0.39, 0.29) is 5.82 Å². The summed E-state index contributed by atoms with van der Waals surface area (Å²) in [6.07, 6.45) is 0.597. The molecule has 1 saturated heterocycles. The number of ether oxygens (including phenoxy) is 2. The summed E-state index contributed by atoms with van der Waals surface area (Å²) in [5, 5.41) is 6.51. The largest absolute Gasteiger partial charge is 0.492 e. The number of rotatable bonds is 9. The summed E-state index contributed by atoms with van der Waals surface area (Å²) in [6.45, 7) is 6.34. The number of morpholine rings is 1. The van der Waals surface area contributed by atoms with E-state index in [9.17, 15) is 4.39 Å². The van der Waals surface area contributed by atoms with Crippen LogP contribution in [0.25, 0.3) is 0 Å². The number of benzene rings is 2. The van der Waals surface area contributed by atoms with Gasteiger partial charge in [-0.3, -0.25) is 9.89 Å². The van der Waals surface area contributed by atoms with Crippen LogP contribution in [0.15, 0.2) is 53.5 Å². The molecule has 0 aliphatic carbocycles. The lowest BCUT2D eigenvalue weighted by molar-refractivity contribution is 0.0322. The first-order valence-electron chi connectivity index (χ1n) is 10.4. The number of halogens is 1. The highest BCUT2D eigenvalue weighted by molar-refractivity contribution is 5.79. The van der Waals surface area contributed by atoms with Crippen LogP contribution in [-0.2, 0) is 17.7 Å². The molecular weight excluding hydrogens is 383 g/mol. The zero-order valence-electron chi connectivity index (χ0n) is 17.6. The van der Waals surface area contributed by atoms with Crippen LogP contribution in [0.1, 0.15) is 11.1 Å². The van der Waals surface area contributed by atoms with Gasteiger partial charge in [-0.15, -0.1) is 0 Å². The van der Waals surface area contributed by atoms with Gasteiger partial charge in [0.15, 0.2) is 5.96 Å². The molecule has 1 fully saturated rings. The van der Waals surface area contributed by atoms with Crippen LogP contribution < -0.4 is 15.4 Å². The third-order valence-corrected chi connectivity index (χ3v) is 5.01. The third-order valence-electron chi connectivity index (χ3n) is 5.01. The van der Waals surface area contributed by atoms with Crippen LogP contribution in [0.4, 0.5) is 4.39 Å². The first-order chi connectivity index (χ1) is 14.7. The van der Waals surface area contributed by atoms with E-state index in [1.165, 1.54) is 6.07 Å². The molecular formula is C23H31FN4O2. The molecule has 2 aromatic carbocycles. The summed E-state index contributed by atoms with van der Waals surface area (Å²) in [5.74, 6) is 1.38. The highest BCUT2D eigenvalue weighted by Crippen LogP contribution is 2.13. The highest BCUT2D eigenvalue weighted by atomic mass is 19.1. The maximum Gasteiger partial charge on any atom is 0.191 e. The minimum Gasteiger partial charge on any atom is -0.492 e. The van der Waals surface area contributed by atoms with Crippen molar-refractivity contribution in [3.8, 4) is 5.75 Å².